The zero-order valence-electron chi connectivity index (χ0n) is 5.81. The van der Waals surface area contributed by atoms with Crippen LogP contribution in [0.1, 0.15) is 26.2 Å². The third-order valence-electron chi connectivity index (χ3n) is 2.21. The summed E-state index contributed by atoms with van der Waals surface area (Å²) >= 11 is 0. The van der Waals surface area contributed by atoms with E-state index in [1.807, 2.05) is 6.92 Å². The Balaban J connectivity index is 2.41. The first kappa shape index (κ1) is 7.00. The molecule has 9 heavy (non-hydrogen) atoms. The van der Waals surface area contributed by atoms with Crippen molar-refractivity contribution in [2.24, 2.45) is 11.7 Å². The van der Waals surface area contributed by atoms with Crippen molar-refractivity contribution < 1.29 is 4.39 Å². The first-order valence-electron chi connectivity index (χ1n) is 3.61. The molecule has 1 aliphatic rings. The minimum Gasteiger partial charge on any atom is -0.325 e. The molecule has 0 saturated heterocycles. The van der Waals surface area contributed by atoms with E-state index in [0.29, 0.717) is 12.3 Å². The molecule has 2 N–H and O–H groups in total. The lowest BCUT2D eigenvalue weighted by Crippen LogP contribution is -2.40. The number of halogens is 1. The molecule has 0 unspecified atom stereocenters. The summed E-state index contributed by atoms with van der Waals surface area (Å²) in [5.74, 6) is 0.383. The van der Waals surface area contributed by atoms with Crippen LogP contribution in [0, 0.1) is 5.92 Å². The summed E-state index contributed by atoms with van der Waals surface area (Å²) in [6.45, 7) is 2.02. The molecular formula is C7H14FN. The fourth-order valence-electron chi connectivity index (χ4n) is 1.38. The molecule has 54 valence electrons. The van der Waals surface area contributed by atoms with Crippen LogP contribution in [-0.4, -0.2) is 12.2 Å². The van der Waals surface area contributed by atoms with Crippen molar-refractivity contribution >= 4 is 0 Å². The van der Waals surface area contributed by atoms with Gasteiger partial charge in [-0.2, -0.15) is 0 Å². The Morgan fingerprint density at radius 1 is 1.44 bits per heavy atom. The topological polar surface area (TPSA) is 26.0 Å². The third-order valence-corrected chi connectivity index (χ3v) is 2.21. The highest BCUT2D eigenvalue weighted by Gasteiger charge is 2.26. The molecule has 1 nitrogen and oxygen atoms in total. The summed E-state index contributed by atoms with van der Waals surface area (Å²) in [5, 5.41) is 0. The first-order chi connectivity index (χ1) is 4.22. The van der Waals surface area contributed by atoms with E-state index < -0.39 is 6.17 Å². The van der Waals surface area contributed by atoms with Gasteiger partial charge in [0.05, 0.1) is 0 Å². The molecule has 2 heteroatoms. The van der Waals surface area contributed by atoms with Gasteiger partial charge < -0.3 is 5.73 Å². The maximum absolute atomic E-state index is 12.7. The number of alkyl halides is 1. The predicted molar refractivity (Wildman–Crippen MR) is 35.9 cm³/mol. The minimum atomic E-state index is -0.742. The monoisotopic (exact) mass is 131 g/mol. The molecule has 0 bridgehead atoms. The van der Waals surface area contributed by atoms with Crippen molar-refractivity contribution in [2.45, 2.75) is 38.4 Å². The average molecular weight is 131 g/mol. The Kier molecular flexibility index (Phi) is 2.06. The van der Waals surface area contributed by atoms with E-state index in [4.69, 9.17) is 5.73 Å². The summed E-state index contributed by atoms with van der Waals surface area (Å²) in [5.41, 5.74) is 5.55. The zero-order chi connectivity index (χ0) is 6.85. The van der Waals surface area contributed by atoms with Crippen LogP contribution in [0.4, 0.5) is 4.39 Å². The molecule has 1 saturated carbocycles. The van der Waals surface area contributed by atoms with Crippen molar-refractivity contribution in [3.8, 4) is 0 Å². The van der Waals surface area contributed by atoms with Crippen LogP contribution in [-0.2, 0) is 0 Å². The molecule has 1 fully saturated rings. The Morgan fingerprint density at radius 2 is 2.11 bits per heavy atom. The largest absolute Gasteiger partial charge is 0.325 e. The van der Waals surface area contributed by atoms with Crippen LogP contribution in [0.2, 0.25) is 0 Å². The second-order valence-corrected chi connectivity index (χ2v) is 3.00. The predicted octanol–water partition coefficient (Wildman–Crippen LogP) is 1.47. The second kappa shape index (κ2) is 2.65. The van der Waals surface area contributed by atoms with Gasteiger partial charge in [-0.15, -0.1) is 0 Å². The summed E-state index contributed by atoms with van der Waals surface area (Å²) in [6.07, 6.45) is 2.04. The van der Waals surface area contributed by atoms with E-state index >= 15 is 0 Å². The van der Waals surface area contributed by atoms with Crippen molar-refractivity contribution in [3.63, 3.8) is 0 Å². The maximum atomic E-state index is 12.7. The molecule has 1 aliphatic carbocycles. The lowest BCUT2D eigenvalue weighted by Gasteiger charge is -2.28. The lowest BCUT2D eigenvalue weighted by molar-refractivity contribution is 0.172. The summed E-state index contributed by atoms with van der Waals surface area (Å²) in [6, 6.07) is -0.196. The summed E-state index contributed by atoms with van der Waals surface area (Å²) in [7, 11) is 0. The van der Waals surface area contributed by atoms with Crippen molar-refractivity contribution in [2.75, 3.05) is 0 Å². The third kappa shape index (κ3) is 1.42. The van der Waals surface area contributed by atoms with E-state index in [2.05, 4.69) is 0 Å². The smallest absolute Gasteiger partial charge is 0.115 e. The van der Waals surface area contributed by atoms with Crippen LogP contribution in [0.15, 0.2) is 0 Å². The molecule has 0 spiro atoms. The van der Waals surface area contributed by atoms with E-state index in [0.717, 1.165) is 12.8 Å². The van der Waals surface area contributed by atoms with Crippen molar-refractivity contribution in [1.29, 1.82) is 0 Å². The fraction of sp³-hybridized carbons (Fsp3) is 1.00. The van der Waals surface area contributed by atoms with E-state index in [1.165, 1.54) is 0 Å². The molecule has 0 aromatic heterocycles. The zero-order valence-corrected chi connectivity index (χ0v) is 5.81. The quantitative estimate of drug-likeness (QED) is 0.529. The van der Waals surface area contributed by atoms with Crippen LogP contribution in [0.25, 0.3) is 0 Å². The number of hydrogen-bond donors (Lipinski definition) is 1. The molecule has 0 radical (unpaired) electrons. The first-order valence-corrected chi connectivity index (χ1v) is 3.61. The Morgan fingerprint density at radius 3 is 2.56 bits per heavy atom. The summed E-state index contributed by atoms with van der Waals surface area (Å²) < 4.78 is 12.7. The van der Waals surface area contributed by atoms with E-state index in [9.17, 15) is 4.39 Å². The van der Waals surface area contributed by atoms with Gasteiger partial charge >= 0.3 is 0 Å². The van der Waals surface area contributed by atoms with E-state index in [-0.39, 0.29) is 6.04 Å². The second-order valence-electron chi connectivity index (χ2n) is 3.00. The molecule has 3 atom stereocenters. The van der Waals surface area contributed by atoms with Crippen LogP contribution in [0.5, 0.6) is 0 Å². The van der Waals surface area contributed by atoms with Crippen molar-refractivity contribution in [1.82, 2.24) is 0 Å². The fourth-order valence-corrected chi connectivity index (χ4v) is 1.38. The highest BCUT2D eigenvalue weighted by molar-refractivity contribution is 4.82. The molecular weight excluding hydrogens is 117 g/mol. The van der Waals surface area contributed by atoms with Gasteiger partial charge in [-0.3, -0.25) is 0 Å². The molecule has 1 rings (SSSR count). The standard InChI is InChI=1S/C7H14FN/c1-5-3-2-4-6(8)7(5)9/h5-7H,2-4,9H2,1H3/t5-,6+,7-/m1/s1. The lowest BCUT2D eigenvalue weighted by atomic mass is 9.85. The average Bonchev–Trinajstić information content (AvgIpc) is 1.83. The van der Waals surface area contributed by atoms with Crippen LogP contribution < -0.4 is 5.73 Å². The van der Waals surface area contributed by atoms with Gasteiger partial charge in [0, 0.05) is 6.04 Å². The van der Waals surface area contributed by atoms with Crippen LogP contribution in [0.3, 0.4) is 0 Å². The van der Waals surface area contributed by atoms with Gasteiger partial charge in [-0.1, -0.05) is 13.3 Å². The number of hydrogen-bond acceptors (Lipinski definition) is 1. The SMILES string of the molecule is C[C@@H]1CCC[C@H](F)[C@@H]1N. The normalized spacial score (nSPS) is 45.0. The van der Waals surface area contributed by atoms with Gasteiger partial charge in [-0.25, -0.2) is 4.39 Å². The highest BCUT2D eigenvalue weighted by atomic mass is 19.1. The molecule has 0 amide bonds. The van der Waals surface area contributed by atoms with Gasteiger partial charge in [0.1, 0.15) is 6.17 Å². The Bertz CT molecular complexity index is 84.9. The molecule has 0 heterocycles. The molecule has 0 aromatic rings. The van der Waals surface area contributed by atoms with E-state index in [1.54, 1.807) is 0 Å². The molecule has 0 aliphatic heterocycles. The molecule has 0 aromatic carbocycles. The Labute approximate surface area is 55.4 Å². The van der Waals surface area contributed by atoms with Gasteiger partial charge in [0.2, 0.25) is 0 Å². The van der Waals surface area contributed by atoms with Gasteiger partial charge in [0.25, 0.3) is 0 Å². The Hall–Kier alpha value is -0.110. The summed E-state index contributed by atoms with van der Waals surface area (Å²) in [4.78, 5) is 0. The van der Waals surface area contributed by atoms with Gasteiger partial charge in [-0.05, 0) is 18.8 Å². The highest BCUT2D eigenvalue weighted by Crippen LogP contribution is 2.24. The van der Waals surface area contributed by atoms with Crippen LogP contribution >= 0.6 is 0 Å². The minimum absolute atomic E-state index is 0.196. The van der Waals surface area contributed by atoms with Gasteiger partial charge in [0.15, 0.2) is 0 Å². The number of rotatable bonds is 0. The van der Waals surface area contributed by atoms with Crippen molar-refractivity contribution in [3.05, 3.63) is 0 Å². The maximum Gasteiger partial charge on any atom is 0.115 e. The number of nitrogens with two attached hydrogens (primary N) is 1.